The van der Waals surface area contributed by atoms with Crippen LogP contribution in [-0.4, -0.2) is 14.2 Å². The molecule has 0 atom stereocenters. The van der Waals surface area contributed by atoms with E-state index in [-0.39, 0.29) is 0 Å². The van der Waals surface area contributed by atoms with Gasteiger partial charge in [-0.3, -0.25) is 0 Å². The fourth-order valence-electron chi connectivity index (χ4n) is 0.415. The summed E-state index contributed by atoms with van der Waals surface area (Å²) in [6.45, 7) is 0. The average Bonchev–Trinajstić information content (AvgIpc) is 2.07. The first-order valence-electron chi connectivity index (χ1n) is 3.08. The Kier molecular flexibility index (Phi) is 7.46. The molecule has 2 nitrogen and oxygen atoms in total. The molecule has 1 rings (SSSR count). The van der Waals surface area contributed by atoms with Crippen LogP contribution in [0.4, 0.5) is 0 Å². The summed E-state index contributed by atoms with van der Waals surface area (Å²) in [5, 5.41) is 0. The highest BCUT2D eigenvalue weighted by Crippen LogP contribution is 2.05. The molecule has 1 aromatic carbocycles. The third kappa shape index (κ3) is 7.52. The van der Waals surface area contributed by atoms with Gasteiger partial charge in [-0.1, -0.05) is 34.1 Å². The van der Waals surface area contributed by atoms with Crippen molar-refractivity contribution < 1.29 is 9.78 Å². The molecule has 0 amide bonds. The molecule has 0 unspecified atom stereocenters. The predicted molar refractivity (Wildman–Crippen MR) is 48.2 cm³/mol. The highest BCUT2D eigenvalue weighted by molar-refractivity contribution is 9.10. The molecule has 3 heteroatoms. The maximum Gasteiger partial charge on any atom is 0.0712 e. The third-order valence-electron chi connectivity index (χ3n) is 0.900. The minimum atomic E-state index is 1.13. The van der Waals surface area contributed by atoms with Crippen LogP contribution in [0.5, 0.6) is 0 Å². The molecule has 0 aromatic heterocycles. The van der Waals surface area contributed by atoms with Crippen molar-refractivity contribution in [3.05, 3.63) is 34.8 Å². The Morgan fingerprint density at radius 2 is 1.45 bits per heavy atom. The van der Waals surface area contributed by atoms with Crippen molar-refractivity contribution in [3.63, 3.8) is 0 Å². The standard InChI is InChI=1S/C6H5Br.C2H6O2/c7-6-4-2-1-3-5-6;1-3-4-2/h1-5H;1-2H3. The summed E-state index contributed by atoms with van der Waals surface area (Å²) in [6, 6.07) is 9.97. The Hall–Kier alpha value is -0.380. The first-order valence-corrected chi connectivity index (χ1v) is 3.88. The fourth-order valence-corrected chi connectivity index (χ4v) is 0.720. The van der Waals surface area contributed by atoms with E-state index in [0.29, 0.717) is 0 Å². The zero-order valence-corrected chi connectivity index (χ0v) is 8.17. The zero-order chi connectivity index (χ0) is 8.53. The van der Waals surface area contributed by atoms with Gasteiger partial charge < -0.3 is 0 Å². The summed E-state index contributed by atoms with van der Waals surface area (Å²) < 4.78 is 1.13. The van der Waals surface area contributed by atoms with Crippen LogP contribution >= 0.6 is 15.9 Å². The van der Waals surface area contributed by atoms with Crippen molar-refractivity contribution in [1.29, 1.82) is 0 Å². The highest BCUT2D eigenvalue weighted by atomic mass is 79.9. The van der Waals surface area contributed by atoms with Gasteiger partial charge in [-0.2, -0.15) is 0 Å². The minimum absolute atomic E-state index is 1.13. The molecule has 0 saturated heterocycles. The van der Waals surface area contributed by atoms with E-state index in [1.54, 1.807) is 0 Å². The molecule has 0 aliphatic carbocycles. The minimum Gasteiger partial charge on any atom is -0.240 e. The van der Waals surface area contributed by atoms with Crippen molar-refractivity contribution in [1.82, 2.24) is 0 Å². The molecule has 0 N–H and O–H groups in total. The Balaban J connectivity index is 0.000000218. The summed E-state index contributed by atoms with van der Waals surface area (Å²) >= 11 is 3.31. The van der Waals surface area contributed by atoms with Gasteiger partial charge in [0.15, 0.2) is 0 Å². The summed E-state index contributed by atoms with van der Waals surface area (Å²) in [7, 11) is 2.92. The summed E-state index contributed by atoms with van der Waals surface area (Å²) in [5.41, 5.74) is 0. The van der Waals surface area contributed by atoms with Crippen LogP contribution in [0.25, 0.3) is 0 Å². The van der Waals surface area contributed by atoms with Crippen LogP contribution in [0.2, 0.25) is 0 Å². The Morgan fingerprint density at radius 3 is 1.64 bits per heavy atom. The van der Waals surface area contributed by atoms with Crippen LogP contribution in [0.1, 0.15) is 0 Å². The molecular weight excluding hydrogens is 208 g/mol. The van der Waals surface area contributed by atoms with Gasteiger partial charge in [-0.25, -0.2) is 9.78 Å². The highest BCUT2D eigenvalue weighted by Gasteiger charge is 1.74. The second-order valence-corrected chi connectivity index (χ2v) is 2.54. The van der Waals surface area contributed by atoms with Gasteiger partial charge >= 0.3 is 0 Å². The first kappa shape index (κ1) is 10.6. The Morgan fingerprint density at radius 1 is 1.00 bits per heavy atom. The number of rotatable bonds is 1. The van der Waals surface area contributed by atoms with E-state index >= 15 is 0 Å². The number of hydrogen-bond acceptors (Lipinski definition) is 2. The maximum absolute atomic E-state index is 4.04. The van der Waals surface area contributed by atoms with E-state index in [1.165, 1.54) is 14.2 Å². The second kappa shape index (κ2) is 7.72. The lowest BCUT2D eigenvalue weighted by atomic mass is 10.4. The van der Waals surface area contributed by atoms with Gasteiger partial charge in [-0.15, -0.1) is 0 Å². The van der Waals surface area contributed by atoms with Crippen LogP contribution in [0.15, 0.2) is 34.8 Å². The van der Waals surface area contributed by atoms with Gasteiger partial charge in [0.1, 0.15) is 0 Å². The summed E-state index contributed by atoms with van der Waals surface area (Å²) in [4.78, 5) is 8.08. The number of halogens is 1. The molecular formula is C8H11BrO2. The smallest absolute Gasteiger partial charge is 0.0712 e. The molecule has 0 spiro atoms. The summed E-state index contributed by atoms with van der Waals surface area (Å²) in [5.74, 6) is 0. The van der Waals surface area contributed by atoms with Crippen molar-refractivity contribution in [2.45, 2.75) is 0 Å². The fraction of sp³-hybridized carbons (Fsp3) is 0.250. The molecule has 11 heavy (non-hydrogen) atoms. The normalized spacial score (nSPS) is 8.27. The number of hydrogen-bond donors (Lipinski definition) is 0. The van der Waals surface area contributed by atoms with Gasteiger partial charge in [-0.05, 0) is 12.1 Å². The van der Waals surface area contributed by atoms with E-state index < -0.39 is 0 Å². The molecule has 0 bridgehead atoms. The van der Waals surface area contributed by atoms with E-state index in [2.05, 4.69) is 25.7 Å². The lowest BCUT2D eigenvalue weighted by Crippen LogP contribution is -1.72. The Labute approximate surface area is 75.2 Å². The van der Waals surface area contributed by atoms with Gasteiger partial charge in [0.05, 0.1) is 14.2 Å². The second-order valence-electron chi connectivity index (χ2n) is 1.63. The van der Waals surface area contributed by atoms with Crippen LogP contribution in [0, 0.1) is 0 Å². The topological polar surface area (TPSA) is 18.5 Å². The van der Waals surface area contributed by atoms with Crippen molar-refractivity contribution >= 4 is 15.9 Å². The number of benzene rings is 1. The van der Waals surface area contributed by atoms with Crippen molar-refractivity contribution in [3.8, 4) is 0 Å². The van der Waals surface area contributed by atoms with Crippen LogP contribution in [0.3, 0.4) is 0 Å². The Bertz CT molecular complexity index is 163. The third-order valence-corrected chi connectivity index (χ3v) is 1.43. The molecule has 62 valence electrons. The molecule has 0 aliphatic heterocycles. The maximum atomic E-state index is 4.04. The zero-order valence-electron chi connectivity index (χ0n) is 6.58. The monoisotopic (exact) mass is 218 g/mol. The van der Waals surface area contributed by atoms with Gasteiger partial charge in [0.2, 0.25) is 0 Å². The summed E-state index contributed by atoms with van der Waals surface area (Å²) in [6.07, 6.45) is 0. The van der Waals surface area contributed by atoms with E-state index in [4.69, 9.17) is 0 Å². The lowest BCUT2D eigenvalue weighted by Gasteiger charge is -1.80. The average molecular weight is 219 g/mol. The van der Waals surface area contributed by atoms with Gasteiger partial charge in [0, 0.05) is 4.47 Å². The predicted octanol–water partition coefficient (Wildman–Crippen LogP) is 2.64. The quantitative estimate of drug-likeness (QED) is 0.534. The molecule has 1 aromatic rings. The lowest BCUT2D eigenvalue weighted by molar-refractivity contribution is -0.248. The molecule has 0 fully saturated rings. The molecule has 0 saturated carbocycles. The van der Waals surface area contributed by atoms with Crippen LogP contribution < -0.4 is 0 Å². The first-order chi connectivity index (χ1) is 5.31. The van der Waals surface area contributed by atoms with Crippen molar-refractivity contribution in [2.75, 3.05) is 14.2 Å². The van der Waals surface area contributed by atoms with E-state index in [0.717, 1.165) is 4.47 Å². The van der Waals surface area contributed by atoms with E-state index in [1.807, 2.05) is 30.3 Å². The van der Waals surface area contributed by atoms with E-state index in [9.17, 15) is 0 Å². The van der Waals surface area contributed by atoms with Crippen LogP contribution in [-0.2, 0) is 9.78 Å². The molecule has 0 aliphatic rings. The molecule has 0 radical (unpaired) electrons. The van der Waals surface area contributed by atoms with Crippen molar-refractivity contribution in [2.24, 2.45) is 0 Å². The molecule has 0 heterocycles. The SMILES string of the molecule is Brc1ccccc1.COOC. The largest absolute Gasteiger partial charge is 0.240 e. The van der Waals surface area contributed by atoms with Gasteiger partial charge in [0.25, 0.3) is 0 Å².